The normalized spacial score (nSPS) is 10.4. The molecule has 1 aromatic heterocycles. The molecule has 0 radical (unpaired) electrons. The van der Waals surface area contributed by atoms with Gasteiger partial charge in [0.05, 0.1) is 0 Å². The van der Waals surface area contributed by atoms with Gasteiger partial charge in [0.1, 0.15) is 5.69 Å². The van der Waals surface area contributed by atoms with Gasteiger partial charge in [0.25, 0.3) is 5.91 Å². The van der Waals surface area contributed by atoms with Crippen molar-refractivity contribution in [1.29, 1.82) is 0 Å². The number of carbonyl (C=O) groups excluding carboxylic acids is 1. The predicted molar refractivity (Wildman–Crippen MR) is 110 cm³/mol. The van der Waals surface area contributed by atoms with E-state index in [0.717, 1.165) is 17.7 Å². The zero-order chi connectivity index (χ0) is 19.1. The molecule has 0 fully saturated rings. The Labute approximate surface area is 164 Å². The maximum atomic E-state index is 12.3. The third-order valence-electron chi connectivity index (χ3n) is 4.35. The van der Waals surface area contributed by atoms with Crippen molar-refractivity contribution in [3.8, 4) is 0 Å². The number of hydrogen-bond donors (Lipinski definition) is 2. The molecule has 3 aromatic rings. The lowest BCUT2D eigenvalue weighted by atomic mass is 10.1. The zero-order valence-corrected chi connectivity index (χ0v) is 16.0. The Bertz CT molecular complexity index is 909. The molecule has 0 aliphatic rings. The van der Waals surface area contributed by atoms with Gasteiger partial charge in [0.15, 0.2) is 0 Å². The van der Waals surface area contributed by atoms with Gasteiger partial charge in [0.2, 0.25) is 0 Å². The van der Waals surface area contributed by atoms with Gasteiger partial charge in [-0.2, -0.15) is 0 Å². The van der Waals surface area contributed by atoms with E-state index in [1.165, 1.54) is 11.1 Å². The highest BCUT2D eigenvalue weighted by molar-refractivity contribution is 6.30. The number of carbonyl (C=O) groups is 1. The molecule has 0 spiro atoms. The fourth-order valence-corrected chi connectivity index (χ4v) is 2.86. The van der Waals surface area contributed by atoms with Crippen LogP contribution < -0.4 is 10.6 Å². The molecule has 0 unspecified atom stereocenters. The molecule has 2 aromatic carbocycles. The van der Waals surface area contributed by atoms with E-state index in [9.17, 15) is 4.79 Å². The van der Waals surface area contributed by atoms with E-state index in [4.69, 9.17) is 11.6 Å². The van der Waals surface area contributed by atoms with E-state index >= 15 is 0 Å². The summed E-state index contributed by atoms with van der Waals surface area (Å²) >= 11 is 5.88. The molecular weight excluding hydrogens is 358 g/mol. The lowest BCUT2D eigenvalue weighted by Crippen LogP contribution is -2.26. The SMILES string of the molecule is Cc1ccccc1CNc1ccnc(C(=O)NCCc2ccc(Cl)cc2)c1. The highest BCUT2D eigenvalue weighted by Crippen LogP contribution is 2.13. The lowest BCUT2D eigenvalue weighted by Gasteiger charge is -2.10. The molecule has 138 valence electrons. The summed E-state index contributed by atoms with van der Waals surface area (Å²) < 4.78 is 0. The second kappa shape index (κ2) is 9.19. The number of nitrogens with one attached hydrogen (secondary N) is 2. The smallest absolute Gasteiger partial charge is 0.269 e. The van der Waals surface area contributed by atoms with Crippen LogP contribution in [0.25, 0.3) is 0 Å². The summed E-state index contributed by atoms with van der Waals surface area (Å²) in [5.74, 6) is -0.177. The van der Waals surface area contributed by atoms with Crippen LogP contribution >= 0.6 is 11.6 Å². The first kappa shape index (κ1) is 18.9. The van der Waals surface area contributed by atoms with Gasteiger partial charge < -0.3 is 10.6 Å². The fourth-order valence-electron chi connectivity index (χ4n) is 2.73. The molecule has 4 nitrogen and oxygen atoms in total. The van der Waals surface area contributed by atoms with Crippen LogP contribution in [0, 0.1) is 6.92 Å². The summed E-state index contributed by atoms with van der Waals surface area (Å²) in [5.41, 5.74) is 4.86. The van der Waals surface area contributed by atoms with Crippen LogP contribution in [0.15, 0.2) is 66.9 Å². The van der Waals surface area contributed by atoms with Crippen LogP contribution in [-0.4, -0.2) is 17.4 Å². The molecule has 0 saturated heterocycles. The number of rotatable bonds is 7. The second-order valence-corrected chi connectivity index (χ2v) is 6.78. The van der Waals surface area contributed by atoms with Gasteiger partial charge in [-0.15, -0.1) is 0 Å². The minimum absolute atomic E-state index is 0.177. The third-order valence-corrected chi connectivity index (χ3v) is 4.60. The first-order valence-corrected chi connectivity index (χ1v) is 9.27. The van der Waals surface area contributed by atoms with Gasteiger partial charge in [-0.1, -0.05) is 48.0 Å². The molecule has 0 aliphatic heterocycles. The molecule has 1 heterocycles. The Morgan fingerprint density at radius 2 is 1.85 bits per heavy atom. The number of anilines is 1. The third kappa shape index (κ3) is 5.56. The summed E-state index contributed by atoms with van der Waals surface area (Å²) in [7, 11) is 0. The number of hydrogen-bond acceptors (Lipinski definition) is 3. The van der Waals surface area contributed by atoms with Gasteiger partial charge >= 0.3 is 0 Å². The lowest BCUT2D eigenvalue weighted by molar-refractivity contribution is 0.0949. The second-order valence-electron chi connectivity index (χ2n) is 6.34. The molecule has 0 saturated carbocycles. The predicted octanol–water partition coefficient (Wildman–Crippen LogP) is 4.63. The van der Waals surface area contributed by atoms with Crippen LogP contribution in [-0.2, 0) is 13.0 Å². The Balaban J connectivity index is 1.53. The molecular formula is C22H22ClN3O. The van der Waals surface area contributed by atoms with Crippen molar-refractivity contribution in [2.24, 2.45) is 0 Å². The van der Waals surface area contributed by atoms with E-state index in [-0.39, 0.29) is 5.91 Å². The van der Waals surface area contributed by atoms with Crippen molar-refractivity contribution in [3.05, 3.63) is 94.3 Å². The number of nitrogens with zero attached hydrogens (tertiary/aromatic N) is 1. The number of aryl methyl sites for hydroxylation is 1. The minimum atomic E-state index is -0.177. The van der Waals surface area contributed by atoms with E-state index in [1.54, 1.807) is 12.3 Å². The highest BCUT2D eigenvalue weighted by atomic mass is 35.5. The maximum Gasteiger partial charge on any atom is 0.269 e. The Hall–Kier alpha value is -2.85. The quantitative estimate of drug-likeness (QED) is 0.629. The minimum Gasteiger partial charge on any atom is -0.381 e. The van der Waals surface area contributed by atoms with E-state index < -0.39 is 0 Å². The van der Waals surface area contributed by atoms with Crippen molar-refractivity contribution in [1.82, 2.24) is 10.3 Å². The first-order chi connectivity index (χ1) is 13.1. The van der Waals surface area contributed by atoms with Crippen LogP contribution in [0.4, 0.5) is 5.69 Å². The topological polar surface area (TPSA) is 54.0 Å². The van der Waals surface area contributed by atoms with Crippen LogP contribution in [0.2, 0.25) is 5.02 Å². The molecule has 3 rings (SSSR count). The number of halogens is 1. The molecule has 5 heteroatoms. The van der Waals surface area contributed by atoms with Crippen molar-refractivity contribution in [3.63, 3.8) is 0 Å². The zero-order valence-electron chi connectivity index (χ0n) is 15.2. The molecule has 0 atom stereocenters. The molecule has 0 bridgehead atoms. The van der Waals surface area contributed by atoms with Gasteiger partial charge in [0, 0.05) is 30.0 Å². The molecule has 2 N–H and O–H groups in total. The summed E-state index contributed by atoms with van der Waals surface area (Å²) in [4.78, 5) is 16.5. The average molecular weight is 380 g/mol. The largest absolute Gasteiger partial charge is 0.381 e. The Morgan fingerprint density at radius 3 is 2.63 bits per heavy atom. The van der Waals surface area contributed by atoms with Crippen LogP contribution in [0.1, 0.15) is 27.2 Å². The number of pyridine rings is 1. The van der Waals surface area contributed by atoms with E-state index in [0.29, 0.717) is 23.8 Å². The van der Waals surface area contributed by atoms with Crippen molar-refractivity contribution in [2.45, 2.75) is 19.9 Å². The summed E-state index contributed by atoms with van der Waals surface area (Å²) in [5, 5.41) is 6.97. The molecule has 1 amide bonds. The monoisotopic (exact) mass is 379 g/mol. The first-order valence-electron chi connectivity index (χ1n) is 8.89. The Morgan fingerprint density at radius 1 is 1.07 bits per heavy atom. The van der Waals surface area contributed by atoms with Gasteiger partial charge in [-0.25, -0.2) is 0 Å². The summed E-state index contributed by atoms with van der Waals surface area (Å²) in [6.45, 7) is 3.33. The maximum absolute atomic E-state index is 12.3. The average Bonchev–Trinajstić information content (AvgIpc) is 2.69. The summed E-state index contributed by atoms with van der Waals surface area (Å²) in [6.07, 6.45) is 2.39. The van der Waals surface area contributed by atoms with Gasteiger partial charge in [-0.3, -0.25) is 9.78 Å². The van der Waals surface area contributed by atoms with Gasteiger partial charge in [-0.05, 0) is 54.3 Å². The summed E-state index contributed by atoms with van der Waals surface area (Å²) in [6, 6.07) is 19.5. The highest BCUT2D eigenvalue weighted by Gasteiger charge is 2.08. The van der Waals surface area contributed by atoms with Crippen LogP contribution in [0.3, 0.4) is 0 Å². The number of benzene rings is 2. The standard InChI is InChI=1S/C22H22ClN3O/c1-16-4-2-3-5-18(16)15-26-20-11-13-24-21(14-20)22(27)25-12-10-17-6-8-19(23)9-7-17/h2-9,11,13-14H,10,12,15H2,1H3,(H,24,26)(H,25,27). The molecule has 0 aliphatic carbocycles. The fraction of sp³-hybridized carbons (Fsp3) is 0.182. The van der Waals surface area contributed by atoms with E-state index in [2.05, 4.69) is 34.7 Å². The number of aromatic nitrogens is 1. The van der Waals surface area contributed by atoms with Crippen molar-refractivity contribution in [2.75, 3.05) is 11.9 Å². The van der Waals surface area contributed by atoms with Crippen LogP contribution in [0.5, 0.6) is 0 Å². The molecule has 27 heavy (non-hydrogen) atoms. The van der Waals surface area contributed by atoms with Crippen molar-refractivity contribution < 1.29 is 4.79 Å². The Kier molecular flexibility index (Phi) is 6.44. The van der Waals surface area contributed by atoms with E-state index in [1.807, 2.05) is 42.5 Å². The number of amides is 1. The van der Waals surface area contributed by atoms with Crippen molar-refractivity contribution >= 4 is 23.2 Å².